The molecule has 126 valence electrons. The van der Waals surface area contributed by atoms with Gasteiger partial charge in [-0.15, -0.1) is 0 Å². The number of oxime groups is 1. The molecule has 1 atom stereocenters. The fourth-order valence-corrected chi connectivity index (χ4v) is 2.41. The summed E-state index contributed by atoms with van der Waals surface area (Å²) in [7, 11) is 3.15. The molecule has 1 aromatic carbocycles. The SMILES string of the molecule is COc1ccc(C2=NO[C@@H](C(=O)NCc3ccco3)C2)cc1OC. The van der Waals surface area contributed by atoms with Crippen LogP contribution in [0.1, 0.15) is 17.7 Å². The number of furan rings is 1. The molecule has 7 nitrogen and oxygen atoms in total. The minimum Gasteiger partial charge on any atom is -0.493 e. The van der Waals surface area contributed by atoms with Gasteiger partial charge < -0.3 is 24.0 Å². The quantitative estimate of drug-likeness (QED) is 0.877. The first-order valence-electron chi connectivity index (χ1n) is 7.46. The summed E-state index contributed by atoms with van der Waals surface area (Å²) >= 11 is 0. The Morgan fingerprint density at radius 2 is 2.12 bits per heavy atom. The number of ether oxygens (including phenoxy) is 2. The van der Waals surface area contributed by atoms with E-state index in [9.17, 15) is 4.79 Å². The van der Waals surface area contributed by atoms with E-state index in [0.717, 1.165) is 5.56 Å². The lowest BCUT2D eigenvalue weighted by Crippen LogP contribution is -2.34. The van der Waals surface area contributed by atoms with Crippen LogP contribution in [-0.4, -0.2) is 31.9 Å². The van der Waals surface area contributed by atoms with E-state index in [1.54, 1.807) is 38.7 Å². The molecule has 3 rings (SSSR count). The van der Waals surface area contributed by atoms with Crippen molar-refractivity contribution in [3.63, 3.8) is 0 Å². The highest BCUT2D eigenvalue weighted by molar-refractivity contribution is 6.04. The number of hydrogen-bond acceptors (Lipinski definition) is 6. The first kappa shape index (κ1) is 15.9. The highest BCUT2D eigenvalue weighted by Gasteiger charge is 2.29. The van der Waals surface area contributed by atoms with Crippen molar-refractivity contribution in [2.45, 2.75) is 19.1 Å². The molecule has 1 aliphatic rings. The van der Waals surface area contributed by atoms with Crippen molar-refractivity contribution in [2.24, 2.45) is 5.16 Å². The molecule has 0 bridgehead atoms. The third kappa shape index (κ3) is 3.34. The second-order valence-electron chi connectivity index (χ2n) is 5.20. The van der Waals surface area contributed by atoms with Crippen molar-refractivity contribution in [2.75, 3.05) is 14.2 Å². The van der Waals surface area contributed by atoms with Gasteiger partial charge in [-0.05, 0) is 30.3 Å². The summed E-state index contributed by atoms with van der Waals surface area (Å²) in [5.41, 5.74) is 1.52. The summed E-state index contributed by atoms with van der Waals surface area (Å²) in [6, 6.07) is 9.02. The molecule has 1 amide bonds. The monoisotopic (exact) mass is 330 g/mol. The Kier molecular flexibility index (Phi) is 4.69. The van der Waals surface area contributed by atoms with Gasteiger partial charge in [-0.3, -0.25) is 4.79 Å². The van der Waals surface area contributed by atoms with E-state index in [1.165, 1.54) is 0 Å². The summed E-state index contributed by atoms with van der Waals surface area (Å²) < 4.78 is 15.7. The van der Waals surface area contributed by atoms with Gasteiger partial charge >= 0.3 is 0 Å². The lowest BCUT2D eigenvalue weighted by atomic mass is 10.0. The van der Waals surface area contributed by atoms with Crippen LogP contribution in [0.15, 0.2) is 46.2 Å². The number of methoxy groups -OCH3 is 2. The van der Waals surface area contributed by atoms with Crippen molar-refractivity contribution in [3.8, 4) is 11.5 Å². The number of nitrogens with zero attached hydrogens (tertiary/aromatic N) is 1. The van der Waals surface area contributed by atoms with Gasteiger partial charge in [0.25, 0.3) is 5.91 Å². The third-order valence-corrected chi connectivity index (χ3v) is 3.70. The van der Waals surface area contributed by atoms with Crippen molar-refractivity contribution >= 4 is 11.6 Å². The smallest absolute Gasteiger partial charge is 0.264 e. The minimum atomic E-state index is -0.650. The van der Waals surface area contributed by atoms with Gasteiger partial charge in [0.05, 0.1) is 32.7 Å². The summed E-state index contributed by atoms with van der Waals surface area (Å²) in [6.07, 6.45) is 1.30. The van der Waals surface area contributed by atoms with Crippen LogP contribution in [0, 0.1) is 0 Å². The third-order valence-electron chi connectivity index (χ3n) is 3.70. The molecule has 1 aliphatic heterocycles. The van der Waals surface area contributed by atoms with E-state index >= 15 is 0 Å². The summed E-state index contributed by atoms with van der Waals surface area (Å²) in [5, 5.41) is 6.78. The van der Waals surface area contributed by atoms with Crippen LogP contribution in [0.3, 0.4) is 0 Å². The first-order valence-corrected chi connectivity index (χ1v) is 7.46. The van der Waals surface area contributed by atoms with Crippen LogP contribution >= 0.6 is 0 Å². The topological polar surface area (TPSA) is 82.3 Å². The lowest BCUT2D eigenvalue weighted by Gasteiger charge is -2.09. The molecule has 1 N–H and O–H groups in total. The molecule has 0 radical (unpaired) electrons. The Morgan fingerprint density at radius 1 is 1.29 bits per heavy atom. The van der Waals surface area contributed by atoms with E-state index in [1.807, 2.05) is 12.1 Å². The largest absolute Gasteiger partial charge is 0.493 e. The maximum Gasteiger partial charge on any atom is 0.264 e. The Hall–Kier alpha value is -2.96. The van der Waals surface area contributed by atoms with Gasteiger partial charge in [-0.25, -0.2) is 0 Å². The molecule has 0 saturated heterocycles. The van der Waals surface area contributed by atoms with Crippen molar-refractivity contribution in [1.82, 2.24) is 5.32 Å². The van der Waals surface area contributed by atoms with Crippen LogP contribution in [0.5, 0.6) is 11.5 Å². The maximum atomic E-state index is 12.1. The fraction of sp³-hybridized carbons (Fsp3) is 0.294. The molecule has 0 unspecified atom stereocenters. The predicted molar refractivity (Wildman–Crippen MR) is 86.1 cm³/mol. The van der Waals surface area contributed by atoms with E-state index in [0.29, 0.717) is 35.9 Å². The Morgan fingerprint density at radius 3 is 2.83 bits per heavy atom. The van der Waals surface area contributed by atoms with Gasteiger partial charge in [-0.1, -0.05) is 5.16 Å². The van der Waals surface area contributed by atoms with Crippen LogP contribution in [0.4, 0.5) is 0 Å². The van der Waals surface area contributed by atoms with E-state index in [2.05, 4.69) is 10.5 Å². The van der Waals surface area contributed by atoms with E-state index < -0.39 is 6.10 Å². The highest BCUT2D eigenvalue weighted by Crippen LogP contribution is 2.29. The van der Waals surface area contributed by atoms with Crippen molar-refractivity contribution in [3.05, 3.63) is 47.9 Å². The summed E-state index contributed by atoms with van der Waals surface area (Å²) in [4.78, 5) is 17.4. The minimum absolute atomic E-state index is 0.231. The number of amides is 1. The second kappa shape index (κ2) is 7.08. The van der Waals surface area contributed by atoms with Gasteiger partial charge in [0.2, 0.25) is 6.10 Å². The average molecular weight is 330 g/mol. The molecule has 2 heterocycles. The molecule has 7 heteroatoms. The number of nitrogens with one attached hydrogen (secondary N) is 1. The van der Waals surface area contributed by atoms with Crippen LogP contribution in [-0.2, 0) is 16.2 Å². The normalized spacial score (nSPS) is 16.2. The van der Waals surface area contributed by atoms with Gasteiger partial charge in [-0.2, -0.15) is 0 Å². The molecule has 2 aromatic rings. The standard InChI is InChI=1S/C17H18N2O5/c1-21-14-6-5-11(8-15(14)22-2)13-9-16(24-19-13)17(20)18-10-12-4-3-7-23-12/h3-8,16H,9-10H2,1-2H3,(H,18,20)/t16-/m1/s1. The molecule has 0 saturated carbocycles. The molecule has 24 heavy (non-hydrogen) atoms. The maximum absolute atomic E-state index is 12.1. The molecule has 0 spiro atoms. The van der Waals surface area contributed by atoms with Crippen LogP contribution < -0.4 is 14.8 Å². The number of carbonyl (C=O) groups is 1. The van der Waals surface area contributed by atoms with Crippen LogP contribution in [0.25, 0.3) is 0 Å². The number of benzene rings is 1. The summed E-state index contributed by atoms with van der Waals surface area (Å²) in [5.74, 6) is 1.69. The Balaban J connectivity index is 1.61. The van der Waals surface area contributed by atoms with Crippen molar-refractivity contribution in [1.29, 1.82) is 0 Å². The van der Waals surface area contributed by atoms with E-state index in [-0.39, 0.29) is 5.91 Å². The lowest BCUT2D eigenvalue weighted by molar-refractivity contribution is -0.131. The number of rotatable bonds is 6. The van der Waals surface area contributed by atoms with Crippen molar-refractivity contribution < 1.29 is 23.5 Å². The predicted octanol–water partition coefficient (Wildman–Crippen LogP) is 2.11. The zero-order valence-corrected chi connectivity index (χ0v) is 13.4. The molecular weight excluding hydrogens is 312 g/mol. The molecule has 1 aromatic heterocycles. The van der Waals surface area contributed by atoms with Gasteiger partial charge in [0.1, 0.15) is 5.76 Å². The molecular formula is C17H18N2O5. The second-order valence-corrected chi connectivity index (χ2v) is 5.20. The zero-order chi connectivity index (χ0) is 16.9. The fourth-order valence-electron chi connectivity index (χ4n) is 2.41. The van der Waals surface area contributed by atoms with E-state index in [4.69, 9.17) is 18.7 Å². The Labute approximate surface area is 139 Å². The highest BCUT2D eigenvalue weighted by atomic mass is 16.6. The number of carbonyl (C=O) groups excluding carboxylic acids is 1. The average Bonchev–Trinajstić information content (AvgIpc) is 3.30. The number of hydrogen-bond donors (Lipinski definition) is 1. The van der Waals surface area contributed by atoms with Gasteiger partial charge in [0, 0.05) is 12.0 Å². The first-order chi connectivity index (χ1) is 11.7. The molecule has 0 fully saturated rings. The molecule has 0 aliphatic carbocycles. The van der Waals surface area contributed by atoms with Crippen LogP contribution in [0.2, 0.25) is 0 Å². The summed E-state index contributed by atoms with van der Waals surface area (Å²) in [6.45, 7) is 0.317. The Bertz CT molecular complexity index is 739. The van der Waals surface area contributed by atoms with Gasteiger partial charge in [0.15, 0.2) is 11.5 Å². The zero-order valence-electron chi connectivity index (χ0n) is 13.4.